The summed E-state index contributed by atoms with van der Waals surface area (Å²) in [6, 6.07) is 6.22. The minimum atomic E-state index is -0.156. The van der Waals surface area contributed by atoms with Gasteiger partial charge in [0.2, 0.25) is 0 Å². The molecule has 1 aromatic rings. The third-order valence-corrected chi connectivity index (χ3v) is 3.70. The number of benzene rings is 1. The van der Waals surface area contributed by atoms with Crippen LogP contribution in [0.15, 0.2) is 18.2 Å². The molecule has 1 aliphatic rings. The highest BCUT2D eigenvalue weighted by molar-refractivity contribution is 14.1. The summed E-state index contributed by atoms with van der Waals surface area (Å²) >= 11 is 2.28. The summed E-state index contributed by atoms with van der Waals surface area (Å²) in [7, 11) is 0. The largest absolute Gasteiger partial charge is 0.397 e. The molecule has 4 heteroatoms. The Morgan fingerprint density at radius 1 is 1.17 bits per heavy atom. The first-order chi connectivity index (χ1) is 8.19. The fraction of sp³-hybridized carbons (Fsp3) is 0.571. The van der Waals surface area contributed by atoms with Crippen molar-refractivity contribution in [2.75, 3.05) is 23.7 Å². The van der Waals surface area contributed by atoms with Crippen LogP contribution in [0.1, 0.15) is 27.7 Å². The number of rotatable bonds is 1. The highest BCUT2D eigenvalue weighted by Gasteiger charge is 2.38. The third kappa shape index (κ3) is 3.09. The number of hydrogen-bond donors (Lipinski definition) is 1. The summed E-state index contributed by atoms with van der Waals surface area (Å²) in [4.78, 5) is 2.33. The minimum absolute atomic E-state index is 0.156. The molecule has 0 atom stereocenters. The van der Waals surface area contributed by atoms with Gasteiger partial charge >= 0.3 is 0 Å². The zero-order valence-corrected chi connectivity index (χ0v) is 13.6. The Kier molecular flexibility index (Phi) is 3.53. The molecule has 0 amide bonds. The zero-order chi connectivity index (χ0) is 13.6. The lowest BCUT2D eigenvalue weighted by Crippen LogP contribution is -2.57. The fourth-order valence-corrected chi connectivity index (χ4v) is 3.29. The Morgan fingerprint density at radius 3 is 2.22 bits per heavy atom. The maximum atomic E-state index is 6.14. The van der Waals surface area contributed by atoms with Crippen LogP contribution in [-0.2, 0) is 4.74 Å². The Balaban J connectivity index is 2.32. The van der Waals surface area contributed by atoms with Crippen LogP contribution in [0.25, 0.3) is 0 Å². The number of nitrogens with zero attached hydrogens (tertiary/aromatic N) is 1. The number of hydrogen-bond acceptors (Lipinski definition) is 3. The van der Waals surface area contributed by atoms with E-state index in [1.807, 2.05) is 6.07 Å². The van der Waals surface area contributed by atoms with Crippen molar-refractivity contribution in [1.82, 2.24) is 0 Å². The van der Waals surface area contributed by atoms with Crippen LogP contribution in [0.2, 0.25) is 0 Å². The van der Waals surface area contributed by atoms with E-state index in [2.05, 4.69) is 67.3 Å². The lowest BCUT2D eigenvalue weighted by atomic mass is 9.98. The Bertz CT molecular complexity index is 441. The lowest BCUT2D eigenvalue weighted by molar-refractivity contribution is -0.133. The summed E-state index contributed by atoms with van der Waals surface area (Å²) in [6.45, 7) is 10.2. The number of morpholine rings is 1. The number of nitrogen functional groups attached to an aromatic ring is 1. The van der Waals surface area contributed by atoms with E-state index in [0.717, 1.165) is 24.5 Å². The van der Waals surface area contributed by atoms with Crippen molar-refractivity contribution < 1.29 is 4.74 Å². The second-order valence-corrected chi connectivity index (χ2v) is 7.43. The Morgan fingerprint density at radius 2 is 1.72 bits per heavy atom. The van der Waals surface area contributed by atoms with Gasteiger partial charge in [0.15, 0.2) is 0 Å². The van der Waals surface area contributed by atoms with Gasteiger partial charge in [0.05, 0.1) is 22.6 Å². The molecule has 0 spiro atoms. The number of nitrogens with two attached hydrogens (primary N) is 1. The molecular formula is C14H21IN2O. The predicted molar refractivity (Wildman–Crippen MR) is 85.0 cm³/mol. The van der Waals surface area contributed by atoms with Gasteiger partial charge in [-0.25, -0.2) is 0 Å². The van der Waals surface area contributed by atoms with E-state index in [4.69, 9.17) is 10.5 Å². The average Bonchev–Trinajstić information content (AvgIpc) is 2.11. The maximum absolute atomic E-state index is 6.14. The quantitative estimate of drug-likeness (QED) is 0.617. The summed E-state index contributed by atoms with van der Waals surface area (Å²) in [5.74, 6) is 0. The smallest absolute Gasteiger partial charge is 0.0808 e. The molecule has 1 fully saturated rings. The summed E-state index contributed by atoms with van der Waals surface area (Å²) in [5, 5.41) is 0. The van der Waals surface area contributed by atoms with Gasteiger partial charge in [0.1, 0.15) is 0 Å². The van der Waals surface area contributed by atoms with E-state index < -0.39 is 0 Å². The van der Waals surface area contributed by atoms with Crippen LogP contribution >= 0.6 is 22.6 Å². The number of halogens is 1. The monoisotopic (exact) mass is 360 g/mol. The molecule has 0 bridgehead atoms. The number of anilines is 2. The van der Waals surface area contributed by atoms with E-state index in [0.29, 0.717) is 0 Å². The predicted octanol–water partition coefficient (Wildman–Crippen LogP) is 3.27. The Labute approximate surface area is 123 Å². The molecule has 1 aromatic carbocycles. The standard InChI is InChI=1S/C14H21IN2O/c1-13(2)8-17(9-14(3,4)18-13)12-6-5-10(15)7-11(12)16/h5-7H,8-9,16H2,1-4H3. The molecule has 0 saturated carbocycles. The van der Waals surface area contributed by atoms with Gasteiger partial charge < -0.3 is 15.4 Å². The minimum Gasteiger partial charge on any atom is -0.397 e. The van der Waals surface area contributed by atoms with Crippen LogP contribution < -0.4 is 10.6 Å². The highest BCUT2D eigenvalue weighted by atomic mass is 127. The van der Waals surface area contributed by atoms with Crippen LogP contribution in [0.3, 0.4) is 0 Å². The van der Waals surface area contributed by atoms with Crippen LogP contribution in [-0.4, -0.2) is 24.3 Å². The van der Waals surface area contributed by atoms with E-state index >= 15 is 0 Å². The van der Waals surface area contributed by atoms with Crippen molar-refractivity contribution in [3.05, 3.63) is 21.8 Å². The molecular weight excluding hydrogens is 339 g/mol. The summed E-state index contributed by atoms with van der Waals surface area (Å²) < 4.78 is 7.26. The molecule has 1 heterocycles. The lowest BCUT2D eigenvalue weighted by Gasteiger charge is -2.48. The molecule has 0 unspecified atom stereocenters. The van der Waals surface area contributed by atoms with E-state index in [-0.39, 0.29) is 11.2 Å². The molecule has 3 nitrogen and oxygen atoms in total. The molecule has 100 valence electrons. The van der Waals surface area contributed by atoms with Crippen LogP contribution in [0, 0.1) is 3.57 Å². The van der Waals surface area contributed by atoms with Gasteiger partial charge in [-0.15, -0.1) is 0 Å². The van der Waals surface area contributed by atoms with Crippen molar-refractivity contribution in [3.63, 3.8) is 0 Å². The molecule has 1 aliphatic heterocycles. The van der Waals surface area contributed by atoms with E-state index in [9.17, 15) is 0 Å². The second-order valence-electron chi connectivity index (χ2n) is 6.18. The van der Waals surface area contributed by atoms with Gasteiger partial charge in [-0.1, -0.05) is 0 Å². The first kappa shape index (κ1) is 13.9. The first-order valence-electron chi connectivity index (χ1n) is 6.19. The molecule has 0 aromatic heterocycles. The van der Waals surface area contributed by atoms with Gasteiger partial charge in [0, 0.05) is 16.7 Å². The van der Waals surface area contributed by atoms with Gasteiger partial charge in [-0.2, -0.15) is 0 Å². The molecule has 2 rings (SSSR count). The molecule has 1 saturated heterocycles. The molecule has 0 radical (unpaired) electrons. The van der Waals surface area contributed by atoms with Gasteiger partial charge in [-0.3, -0.25) is 0 Å². The van der Waals surface area contributed by atoms with Crippen molar-refractivity contribution in [1.29, 1.82) is 0 Å². The van der Waals surface area contributed by atoms with E-state index in [1.165, 1.54) is 3.57 Å². The average molecular weight is 360 g/mol. The second kappa shape index (κ2) is 4.56. The van der Waals surface area contributed by atoms with Crippen molar-refractivity contribution >= 4 is 34.0 Å². The van der Waals surface area contributed by atoms with Crippen LogP contribution in [0.4, 0.5) is 11.4 Å². The fourth-order valence-electron chi connectivity index (χ4n) is 2.77. The van der Waals surface area contributed by atoms with Crippen molar-refractivity contribution in [2.24, 2.45) is 0 Å². The van der Waals surface area contributed by atoms with Crippen molar-refractivity contribution in [3.8, 4) is 0 Å². The Hall–Kier alpha value is -0.490. The summed E-state index contributed by atoms with van der Waals surface area (Å²) in [5.41, 5.74) is 7.78. The highest BCUT2D eigenvalue weighted by Crippen LogP contribution is 2.34. The zero-order valence-electron chi connectivity index (χ0n) is 11.5. The first-order valence-corrected chi connectivity index (χ1v) is 7.27. The van der Waals surface area contributed by atoms with Gasteiger partial charge in [-0.05, 0) is 68.5 Å². The normalized spacial score (nSPS) is 21.9. The topological polar surface area (TPSA) is 38.5 Å². The van der Waals surface area contributed by atoms with E-state index in [1.54, 1.807) is 0 Å². The molecule has 0 aliphatic carbocycles. The molecule has 18 heavy (non-hydrogen) atoms. The van der Waals surface area contributed by atoms with Crippen LogP contribution in [0.5, 0.6) is 0 Å². The maximum Gasteiger partial charge on any atom is 0.0808 e. The molecule has 2 N–H and O–H groups in total. The SMILES string of the molecule is CC1(C)CN(c2ccc(I)cc2N)CC(C)(C)O1. The number of ether oxygens (including phenoxy) is 1. The summed E-state index contributed by atoms with van der Waals surface area (Å²) in [6.07, 6.45) is 0. The third-order valence-electron chi connectivity index (χ3n) is 3.03. The van der Waals surface area contributed by atoms with Gasteiger partial charge in [0.25, 0.3) is 0 Å². The van der Waals surface area contributed by atoms with Crippen molar-refractivity contribution in [2.45, 2.75) is 38.9 Å².